The molecule has 2 atom stereocenters. The van der Waals surface area contributed by atoms with Gasteiger partial charge in [-0.25, -0.2) is 0 Å². The number of allylic oxidation sites excluding steroid dienone is 2. The Morgan fingerprint density at radius 3 is 1.58 bits per heavy atom. The van der Waals surface area contributed by atoms with Crippen LogP contribution >= 0.6 is 0 Å². The fourth-order valence-electron chi connectivity index (χ4n) is 1.01. The van der Waals surface area contributed by atoms with Gasteiger partial charge in [0.25, 0.3) is 12.7 Å². The molecule has 0 amide bonds. The summed E-state index contributed by atoms with van der Waals surface area (Å²) >= 11 is 0. The van der Waals surface area contributed by atoms with Gasteiger partial charge in [-0.2, -0.15) is 8.78 Å². The summed E-state index contributed by atoms with van der Waals surface area (Å²) in [5, 5.41) is 0. The third-order valence-corrected chi connectivity index (χ3v) is 1.52. The molecule has 2 rings (SSSR count). The first kappa shape index (κ1) is 7.34. The van der Waals surface area contributed by atoms with Crippen molar-refractivity contribution in [3.63, 3.8) is 0 Å². The van der Waals surface area contributed by atoms with Crippen LogP contribution in [0, 0.1) is 0 Å². The molecule has 0 aliphatic carbocycles. The molecular formula is C8H6F2O2. The first-order chi connectivity index (χ1) is 5.75. The van der Waals surface area contributed by atoms with Crippen LogP contribution in [-0.2, 0) is 9.47 Å². The van der Waals surface area contributed by atoms with Gasteiger partial charge >= 0.3 is 0 Å². The third kappa shape index (κ3) is 1.20. The lowest BCUT2D eigenvalue weighted by atomic mass is 10.4. The predicted octanol–water partition coefficient (Wildman–Crippen LogP) is 1.96. The van der Waals surface area contributed by atoms with Gasteiger partial charge in [0, 0.05) is 0 Å². The van der Waals surface area contributed by atoms with Gasteiger partial charge in [0.05, 0.1) is 0 Å². The van der Waals surface area contributed by atoms with E-state index in [2.05, 4.69) is 9.47 Å². The molecule has 0 spiro atoms. The van der Waals surface area contributed by atoms with Gasteiger partial charge < -0.3 is 9.47 Å². The molecule has 0 saturated heterocycles. The van der Waals surface area contributed by atoms with Gasteiger partial charge in [-0.15, -0.1) is 0 Å². The molecule has 12 heavy (non-hydrogen) atoms. The van der Waals surface area contributed by atoms with E-state index in [-0.39, 0.29) is 11.5 Å². The molecule has 64 valence electrons. The number of halogens is 2. The van der Waals surface area contributed by atoms with Crippen LogP contribution in [0.4, 0.5) is 8.78 Å². The van der Waals surface area contributed by atoms with Crippen molar-refractivity contribution < 1.29 is 18.3 Å². The summed E-state index contributed by atoms with van der Waals surface area (Å²) < 4.78 is 34.1. The monoisotopic (exact) mass is 172 g/mol. The van der Waals surface area contributed by atoms with Crippen LogP contribution < -0.4 is 0 Å². The van der Waals surface area contributed by atoms with Crippen molar-refractivity contribution in [3.8, 4) is 0 Å². The molecule has 0 aromatic carbocycles. The molecule has 0 fully saturated rings. The van der Waals surface area contributed by atoms with Crippen LogP contribution in [-0.4, -0.2) is 12.7 Å². The van der Waals surface area contributed by atoms with Gasteiger partial charge in [-0.05, 0) is 24.3 Å². The molecule has 2 heterocycles. The maximum absolute atomic E-state index is 12.4. The maximum Gasteiger partial charge on any atom is 0.258 e. The fourth-order valence-corrected chi connectivity index (χ4v) is 1.01. The van der Waals surface area contributed by atoms with E-state index in [0.29, 0.717) is 0 Å². The smallest absolute Gasteiger partial charge is 0.258 e. The minimum absolute atomic E-state index is 0.235. The SMILES string of the molecule is F[C@H]1C=C/C(=C2\C=C[C@H](F)O2)O1. The van der Waals surface area contributed by atoms with Crippen LogP contribution in [0.1, 0.15) is 0 Å². The average Bonchev–Trinajstić information content (AvgIpc) is 2.58. The van der Waals surface area contributed by atoms with Crippen LogP contribution in [0.5, 0.6) is 0 Å². The molecule has 2 nitrogen and oxygen atoms in total. The van der Waals surface area contributed by atoms with Crippen LogP contribution in [0.3, 0.4) is 0 Å². The predicted molar refractivity (Wildman–Crippen MR) is 37.3 cm³/mol. The molecule has 4 heteroatoms. The second-order valence-electron chi connectivity index (χ2n) is 2.38. The van der Waals surface area contributed by atoms with Crippen molar-refractivity contribution in [2.45, 2.75) is 12.7 Å². The first-order valence-corrected chi connectivity index (χ1v) is 3.48. The van der Waals surface area contributed by atoms with Crippen molar-refractivity contribution in [3.05, 3.63) is 35.8 Å². The maximum atomic E-state index is 12.4. The van der Waals surface area contributed by atoms with Gasteiger partial charge in [0.15, 0.2) is 11.5 Å². The summed E-state index contributed by atoms with van der Waals surface area (Å²) in [6, 6.07) is 0. The van der Waals surface area contributed by atoms with E-state index in [1.54, 1.807) is 0 Å². The van der Waals surface area contributed by atoms with Crippen LogP contribution in [0.2, 0.25) is 0 Å². The number of hydrogen-bond acceptors (Lipinski definition) is 2. The summed E-state index contributed by atoms with van der Waals surface area (Å²) in [5.74, 6) is 0.470. The summed E-state index contributed by atoms with van der Waals surface area (Å²) in [6.45, 7) is 0. The largest absolute Gasteiger partial charge is 0.453 e. The highest BCUT2D eigenvalue weighted by Crippen LogP contribution is 2.25. The Morgan fingerprint density at radius 1 is 0.917 bits per heavy atom. The van der Waals surface area contributed by atoms with E-state index >= 15 is 0 Å². The van der Waals surface area contributed by atoms with E-state index in [1.807, 2.05) is 0 Å². The fraction of sp³-hybridized carbons (Fsp3) is 0.250. The minimum Gasteiger partial charge on any atom is -0.453 e. The molecule has 0 aromatic rings. The number of hydrogen-bond donors (Lipinski definition) is 0. The quantitative estimate of drug-likeness (QED) is 0.556. The van der Waals surface area contributed by atoms with Crippen molar-refractivity contribution in [2.75, 3.05) is 0 Å². The second-order valence-corrected chi connectivity index (χ2v) is 2.38. The van der Waals surface area contributed by atoms with Gasteiger partial charge in [-0.1, -0.05) is 0 Å². The molecule has 0 unspecified atom stereocenters. The van der Waals surface area contributed by atoms with E-state index in [4.69, 9.17) is 0 Å². The van der Waals surface area contributed by atoms with Crippen LogP contribution in [0.25, 0.3) is 0 Å². The summed E-state index contributed by atoms with van der Waals surface area (Å²) in [4.78, 5) is 0. The highest BCUT2D eigenvalue weighted by atomic mass is 19.1. The lowest BCUT2D eigenvalue weighted by Gasteiger charge is -2.05. The van der Waals surface area contributed by atoms with E-state index in [9.17, 15) is 8.78 Å². The molecule has 0 radical (unpaired) electrons. The Balaban J connectivity index is 2.18. The molecule has 2 aliphatic rings. The van der Waals surface area contributed by atoms with E-state index < -0.39 is 12.7 Å². The average molecular weight is 172 g/mol. The summed E-state index contributed by atoms with van der Waals surface area (Å²) in [7, 11) is 0. The van der Waals surface area contributed by atoms with Gasteiger partial charge in [0.2, 0.25) is 0 Å². The van der Waals surface area contributed by atoms with E-state index in [0.717, 1.165) is 0 Å². The molecular weight excluding hydrogens is 166 g/mol. The zero-order chi connectivity index (χ0) is 8.55. The zero-order valence-electron chi connectivity index (χ0n) is 6.04. The van der Waals surface area contributed by atoms with Crippen molar-refractivity contribution in [1.29, 1.82) is 0 Å². The first-order valence-electron chi connectivity index (χ1n) is 3.48. The normalized spacial score (nSPS) is 38.5. The van der Waals surface area contributed by atoms with Crippen molar-refractivity contribution >= 4 is 0 Å². The lowest BCUT2D eigenvalue weighted by Crippen LogP contribution is -1.98. The Bertz CT molecular complexity index is 253. The Kier molecular flexibility index (Phi) is 1.60. The third-order valence-electron chi connectivity index (χ3n) is 1.52. The zero-order valence-corrected chi connectivity index (χ0v) is 6.04. The van der Waals surface area contributed by atoms with Crippen molar-refractivity contribution in [1.82, 2.24) is 0 Å². The highest BCUT2D eigenvalue weighted by molar-refractivity contribution is 5.30. The van der Waals surface area contributed by atoms with Crippen LogP contribution in [0.15, 0.2) is 35.8 Å². The number of alkyl halides is 2. The van der Waals surface area contributed by atoms with Gasteiger partial charge in [0.1, 0.15) is 0 Å². The molecule has 2 aliphatic heterocycles. The molecule has 0 N–H and O–H groups in total. The summed E-state index contributed by atoms with van der Waals surface area (Å²) in [5.41, 5.74) is 0. The Morgan fingerprint density at radius 2 is 1.33 bits per heavy atom. The Labute approximate surface area is 67.8 Å². The highest BCUT2D eigenvalue weighted by Gasteiger charge is 2.21. The Hall–Kier alpha value is -1.32. The minimum atomic E-state index is -1.44. The second kappa shape index (κ2) is 2.62. The van der Waals surface area contributed by atoms with Gasteiger partial charge in [-0.3, -0.25) is 0 Å². The van der Waals surface area contributed by atoms with E-state index in [1.165, 1.54) is 24.3 Å². The summed E-state index contributed by atoms with van der Waals surface area (Å²) in [6.07, 6.45) is 2.41. The number of rotatable bonds is 0. The lowest BCUT2D eigenvalue weighted by molar-refractivity contribution is 0.0331. The van der Waals surface area contributed by atoms with Crippen molar-refractivity contribution in [2.24, 2.45) is 0 Å². The standard InChI is InChI=1S/C8H6F2O2/c9-7-3-1-5(11-7)6-2-4-8(10)12-6/h1-4,7-8H/b6-5-/t7-,8-/m1/s1. The topological polar surface area (TPSA) is 18.5 Å². The number of ether oxygens (including phenoxy) is 2. The molecule has 0 aromatic heterocycles. The molecule has 0 bridgehead atoms. The molecule has 0 saturated carbocycles.